The van der Waals surface area contributed by atoms with Crippen molar-refractivity contribution in [2.24, 2.45) is 0 Å². The molecular weight excluding hydrogens is 265 g/mol. The Balaban J connectivity index is 2.52. The van der Waals surface area contributed by atoms with Gasteiger partial charge in [-0.3, -0.25) is 0 Å². The summed E-state index contributed by atoms with van der Waals surface area (Å²) in [7, 11) is 0. The van der Waals surface area contributed by atoms with Gasteiger partial charge in [0.2, 0.25) is 0 Å². The van der Waals surface area contributed by atoms with Gasteiger partial charge in [-0.05, 0) is 43.9 Å². The van der Waals surface area contributed by atoms with E-state index in [0.29, 0.717) is 16.1 Å². The second-order valence-electron chi connectivity index (χ2n) is 4.69. The molecule has 1 aromatic rings. The largest absolute Gasteiger partial charge is 0.314 e. The van der Waals surface area contributed by atoms with Crippen LogP contribution in [-0.4, -0.2) is 12.6 Å². The number of rotatable bonds is 8. The van der Waals surface area contributed by atoms with Crippen molar-refractivity contribution < 1.29 is 0 Å². The Morgan fingerprint density at radius 2 is 1.89 bits per heavy atom. The summed E-state index contributed by atoms with van der Waals surface area (Å²) in [5.74, 6) is 0. The molecule has 3 heteroatoms. The molecule has 0 spiro atoms. The normalized spacial score (nSPS) is 12.7. The molecule has 1 atom stereocenters. The molecule has 0 saturated heterocycles. The zero-order valence-corrected chi connectivity index (χ0v) is 12.8. The Kier molecular flexibility index (Phi) is 7.73. The molecule has 0 bridgehead atoms. The van der Waals surface area contributed by atoms with Gasteiger partial charge in [-0.1, -0.05) is 55.6 Å². The highest BCUT2D eigenvalue weighted by atomic mass is 35.5. The smallest absolute Gasteiger partial charge is 0.0624 e. The van der Waals surface area contributed by atoms with E-state index in [9.17, 15) is 0 Å². The highest BCUT2D eigenvalue weighted by molar-refractivity contribution is 6.42. The molecule has 102 valence electrons. The summed E-state index contributed by atoms with van der Waals surface area (Å²) >= 11 is 12.2. The number of aryl methyl sites for hydroxylation is 1. The Hall–Kier alpha value is -0.240. The van der Waals surface area contributed by atoms with Crippen LogP contribution in [0.3, 0.4) is 0 Å². The SMILES string of the molecule is CCCNC(CCC)CCc1cccc(Cl)c1Cl. The lowest BCUT2D eigenvalue weighted by atomic mass is 10.0. The second kappa shape index (κ2) is 8.79. The first-order chi connectivity index (χ1) is 8.69. The van der Waals surface area contributed by atoms with Gasteiger partial charge in [-0.25, -0.2) is 0 Å². The van der Waals surface area contributed by atoms with Crippen molar-refractivity contribution in [2.75, 3.05) is 6.54 Å². The molecule has 1 rings (SSSR count). The molecule has 0 radical (unpaired) electrons. The van der Waals surface area contributed by atoms with Crippen LogP contribution in [0, 0.1) is 0 Å². The zero-order valence-electron chi connectivity index (χ0n) is 11.3. The predicted molar refractivity (Wildman–Crippen MR) is 81.8 cm³/mol. The van der Waals surface area contributed by atoms with E-state index in [1.807, 2.05) is 12.1 Å². The topological polar surface area (TPSA) is 12.0 Å². The molecule has 0 saturated carbocycles. The third kappa shape index (κ3) is 5.17. The number of halogens is 2. The number of benzene rings is 1. The first-order valence-electron chi connectivity index (χ1n) is 6.85. The lowest BCUT2D eigenvalue weighted by Crippen LogP contribution is -2.30. The molecular formula is C15H23Cl2N. The Morgan fingerprint density at radius 3 is 2.56 bits per heavy atom. The van der Waals surface area contributed by atoms with Crippen molar-refractivity contribution >= 4 is 23.2 Å². The summed E-state index contributed by atoms with van der Waals surface area (Å²) in [5.41, 5.74) is 1.16. The van der Waals surface area contributed by atoms with Crippen molar-refractivity contribution in [2.45, 2.75) is 52.0 Å². The first-order valence-corrected chi connectivity index (χ1v) is 7.60. The van der Waals surface area contributed by atoms with Crippen LogP contribution in [0.2, 0.25) is 10.0 Å². The quantitative estimate of drug-likeness (QED) is 0.702. The first kappa shape index (κ1) is 15.8. The summed E-state index contributed by atoms with van der Waals surface area (Å²) in [4.78, 5) is 0. The number of hydrogen-bond acceptors (Lipinski definition) is 1. The molecule has 0 aliphatic carbocycles. The molecule has 0 aromatic heterocycles. The summed E-state index contributed by atoms with van der Waals surface area (Å²) in [6.07, 6.45) is 5.72. The van der Waals surface area contributed by atoms with Crippen LogP contribution < -0.4 is 5.32 Å². The van der Waals surface area contributed by atoms with Crippen LogP contribution in [0.1, 0.15) is 45.1 Å². The molecule has 18 heavy (non-hydrogen) atoms. The van der Waals surface area contributed by atoms with Crippen molar-refractivity contribution in [3.8, 4) is 0 Å². The molecule has 0 amide bonds. The summed E-state index contributed by atoms with van der Waals surface area (Å²) < 4.78 is 0. The van der Waals surface area contributed by atoms with E-state index < -0.39 is 0 Å². The summed E-state index contributed by atoms with van der Waals surface area (Å²) in [6.45, 7) is 5.52. The van der Waals surface area contributed by atoms with Crippen LogP contribution >= 0.6 is 23.2 Å². The van der Waals surface area contributed by atoms with E-state index in [1.54, 1.807) is 0 Å². The average molecular weight is 288 g/mol. The fourth-order valence-corrected chi connectivity index (χ4v) is 2.53. The van der Waals surface area contributed by atoms with Crippen molar-refractivity contribution in [3.05, 3.63) is 33.8 Å². The molecule has 1 nitrogen and oxygen atoms in total. The third-order valence-electron chi connectivity index (χ3n) is 3.11. The van der Waals surface area contributed by atoms with Crippen LogP contribution in [-0.2, 0) is 6.42 Å². The lowest BCUT2D eigenvalue weighted by Gasteiger charge is -2.18. The lowest BCUT2D eigenvalue weighted by molar-refractivity contribution is 0.449. The van der Waals surface area contributed by atoms with Crippen molar-refractivity contribution in [3.63, 3.8) is 0 Å². The van der Waals surface area contributed by atoms with Gasteiger partial charge in [0.15, 0.2) is 0 Å². The maximum Gasteiger partial charge on any atom is 0.0624 e. The average Bonchev–Trinajstić information content (AvgIpc) is 2.37. The van der Waals surface area contributed by atoms with Crippen LogP contribution in [0.4, 0.5) is 0 Å². The van der Waals surface area contributed by atoms with Gasteiger partial charge in [-0.2, -0.15) is 0 Å². The fraction of sp³-hybridized carbons (Fsp3) is 0.600. The standard InChI is InChI=1S/C15H23Cl2N/c1-3-6-13(18-11-4-2)10-9-12-7-5-8-14(16)15(12)17/h5,7-8,13,18H,3-4,6,9-11H2,1-2H3. The van der Waals surface area contributed by atoms with E-state index in [4.69, 9.17) is 23.2 Å². The van der Waals surface area contributed by atoms with E-state index in [0.717, 1.165) is 24.9 Å². The molecule has 0 heterocycles. The van der Waals surface area contributed by atoms with Gasteiger partial charge < -0.3 is 5.32 Å². The van der Waals surface area contributed by atoms with Crippen LogP contribution in [0.5, 0.6) is 0 Å². The Labute approximate surface area is 121 Å². The Morgan fingerprint density at radius 1 is 1.11 bits per heavy atom. The van der Waals surface area contributed by atoms with Gasteiger partial charge in [-0.15, -0.1) is 0 Å². The van der Waals surface area contributed by atoms with E-state index in [1.165, 1.54) is 19.3 Å². The van der Waals surface area contributed by atoms with Gasteiger partial charge in [0.1, 0.15) is 0 Å². The number of nitrogens with one attached hydrogen (secondary N) is 1. The minimum atomic E-state index is 0.588. The molecule has 0 aliphatic rings. The molecule has 1 aromatic carbocycles. The molecule has 0 fully saturated rings. The van der Waals surface area contributed by atoms with Gasteiger partial charge in [0, 0.05) is 6.04 Å². The monoisotopic (exact) mass is 287 g/mol. The summed E-state index contributed by atoms with van der Waals surface area (Å²) in [6, 6.07) is 6.46. The minimum absolute atomic E-state index is 0.588. The minimum Gasteiger partial charge on any atom is -0.314 e. The van der Waals surface area contributed by atoms with Gasteiger partial charge >= 0.3 is 0 Å². The predicted octanol–water partition coefficient (Wildman–Crippen LogP) is 5.09. The highest BCUT2D eigenvalue weighted by Crippen LogP contribution is 2.26. The van der Waals surface area contributed by atoms with Gasteiger partial charge in [0.05, 0.1) is 10.0 Å². The maximum atomic E-state index is 6.21. The van der Waals surface area contributed by atoms with Crippen molar-refractivity contribution in [1.29, 1.82) is 0 Å². The second-order valence-corrected chi connectivity index (χ2v) is 5.48. The zero-order chi connectivity index (χ0) is 13.4. The fourth-order valence-electron chi connectivity index (χ4n) is 2.12. The van der Waals surface area contributed by atoms with Crippen LogP contribution in [0.15, 0.2) is 18.2 Å². The maximum absolute atomic E-state index is 6.21. The van der Waals surface area contributed by atoms with Gasteiger partial charge in [0.25, 0.3) is 0 Å². The number of hydrogen-bond donors (Lipinski definition) is 1. The van der Waals surface area contributed by atoms with Crippen molar-refractivity contribution in [1.82, 2.24) is 5.32 Å². The molecule has 1 unspecified atom stereocenters. The van der Waals surface area contributed by atoms with E-state index in [2.05, 4.69) is 25.2 Å². The highest BCUT2D eigenvalue weighted by Gasteiger charge is 2.09. The Bertz CT molecular complexity index is 352. The molecule has 1 N–H and O–H groups in total. The molecule has 0 aliphatic heterocycles. The van der Waals surface area contributed by atoms with E-state index >= 15 is 0 Å². The summed E-state index contributed by atoms with van der Waals surface area (Å²) in [5, 5.41) is 4.97. The van der Waals surface area contributed by atoms with E-state index in [-0.39, 0.29) is 0 Å². The van der Waals surface area contributed by atoms with Crippen LogP contribution in [0.25, 0.3) is 0 Å². The third-order valence-corrected chi connectivity index (χ3v) is 3.97.